The monoisotopic (exact) mass is 368 g/mol. The van der Waals surface area contributed by atoms with Crippen molar-refractivity contribution >= 4 is 11.6 Å². The molecule has 0 unspecified atom stereocenters. The van der Waals surface area contributed by atoms with E-state index >= 15 is 0 Å². The van der Waals surface area contributed by atoms with Gasteiger partial charge in [-0.1, -0.05) is 0 Å². The van der Waals surface area contributed by atoms with Gasteiger partial charge in [0.2, 0.25) is 0 Å². The zero-order valence-electron chi connectivity index (χ0n) is 15.4. The zero-order chi connectivity index (χ0) is 18.6. The van der Waals surface area contributed by atoms with E-state index in [1.807, 2.05) is 24.5 Å². The van der Waals surface area contributed by atoms with Crippen molar-refractivity contribution in [2.45, 2.75) is 25.2 Å². The number of piperazine rings is 1. The summed E-state index contributed by atoms with van der Waals surface area (Å²) in [6, 6.07) is 6.63. The first-order chi connectivity index (χ1) is 13.2. The highest BCUT2D eigenvalue weighted by Gasteiger charge is 2.26. The first kappa shape index (κ1) is 17.7. The van der Waals surface area contributed by atoms with E-state index in [2.05, 4.69) is 24.8 Å². The van der Waals surface area contributed by atoms with E-state index in [1.165, 1.54) is 25.0 Å². The van der Waals surface area contributed by atoms with Crippen molar-refractivity contribution in [2.24, 2.45) is 10.7 Å². The Balaban J connectivity index is 1.24. The maximum Gasteiger partial charge on any atom is 0.191 e. The third-order valence-corrected chi connectivity index (χ3v) is 5.14. The summed E-state index contributed by atoms with van der Waals surface area (Å²) in [5, 5.41) is 0. The van der Waals surface area contributed by atoms with Crippen LogP contribution < -0.4 is 10.6 Å². The molecule has 2 aliphatic rings. The average molecular weight is 368 g/mol. The topological polar surface area (TPSA) is 70.6 Å². The standard InChI is InChI=1S/C20H25FN6/c21-17-3-5-18(6-4-17)26-9-11-27(12-10-26)20(22)23-8-7-15-13-24-19(25-14-15)16-1-2-16/h3-6,13-14,16H,1-2,7-12H2,(H2,22,23). The number of nitrogens with two attached hydrogens (primary N) is 1. The molecule has 1 saturated carbocycles. The lowest BCUT2D eigenvalue weighted by Crippen LogP contribution is -2.51. The molecule has 2 aromatic rings. The minimum atomic E-state index is -0.207. The van der Waals surface area contributed by atoms with Crippen molar-refractivity contribution in [2.75, 3.05) is 37.6 Å². The van der Waals surface area contributed by atoms with Gasteiger partial charge in [-0.05, 0) is 49.1 Å². The van der Waals surface area contributed by atoms with Gasteiger partial charge >= 0.3 is 0 Å². The van der Waals surface area contributed by atoms with Crippen molar-refractivity contribution in [1.29, 1.82) is 0 Å². The Kier molecular flexibility index (Phi) is 5.18. The summed E-state index contributed by atoms with van der Waals surface area (Å²) in [7, 11) is 0. The number of hydrogen-bond donors (Lipinski definition) is 1. The maximum atomic E-state index is 13.1. The second-order valence-corrected chi connectivity index (χ2v) is 7.16. The fourth-order valence-corrected chi connectivity index (χ4v) is 3.29. The molecule has 0 radical (unpaired) electrons. The molecule has 1 saturated heterocycles. The lowest BCUT2D eigenvalue weighted by Gasteiger charge is -2.36. The minimum Gasteiger partial charge on any atom is -0.370 e. The van der Waals surface area contributed by atoms with Crippen LogP contribution in [0.25, 0.3) is 0 Å². The van der Waals surface area contributed by atoms with Crippen LogP contribution in [0.3, 0.4) is 0 Å². The van der Waals surface area contributed by atoms with Gasteiger partial charge in [0.05, 0.1) is 0 Å². The second-order valence-electron chi connectivity index (χ2n) is 7.16. The van der Waals surface area contributed by atoms with Gasteiger partial charge in [-0.25, -0.2) is 14.4 Å². The second kappa shape index (κ2) is 7.90. The number of anilines is 1. The highest BCUT2D eigenvalue weighted by molar-refractivity contribution is 5.78. The zero-order valence-corrected chi connectivity index (χ0v) is 15.4. The molecule has 1 aliphatic carbocycles. The third-order valence-electron chi connectivity index (χ3n) is 5.14. The van der Waals surface area contributed by atoms with E-state index in [1.54, 1.807) is 0 Å². The highest BCUT2D eigenvalue weighted by Crippen LogP contribution is 2.37. The summed E-state index contributed by atoms with van der Waals surface area (Å²) in [4.78, 5) is 17.7. The molecule has 0 spiro atoms. The van der Waals surface area contributed by atoms with Gasteiger partial charge in [-0.3, -0.25) is 4.99 Å². The van der Waals surface area contributed by atoms with Gasteiger partial charge in [-0.2, -0.15) is 0 Å². The Labute approximate surface area is 158 Å². The van der Waals surface area contributed by atoms with Crippen LogP contribution in [0.1, 0.15) is 30.1 Å². The summed E-state index contributed by atoms with van der Waals surface area (Å²) < 4.78 is 13.1. The molecule has 7 heteroatoms. The minimum absolute atomic E-state index is 0.207. The molecule has 1 aromatic heterocycles. The summed E-state index contributed by atoms with van der Waals surface area (Å²) >= 11 is 0. The smallest absolute Gasteiger partial charge is 0.191 e. The molecule has 27 heavy (non-hydrogen) atoms. The van der Waals surface area contributed by atoms with Crippen molar-refractivity contribution in [1.82, 2.24) is 14.9 Å². The lowest BCUT2D eigenvalue weighted by molar-refractivity contribution is 0.381. The molecule has 0 atom stereocenters. The van der Waals surface area contributed by atoms with Gasteiger partial charge < -0.3 is 15.5 Å². The van der Waals surface area contributed by atoms with E-state index in [4.69, 9.17) is 5.73 Å². The van der Waals surface area contributed by atoms with E-state index in [0.29, 0.717) is 18.4 Å². The Morgan fingerprint density at radius 3 is 2.37 bits per heavy atom. The van der Waals surface area contributed by atoms with Crippen LogP contribution in [-0.2, 0) is 6.42 Å². The Bertz CT molecular complexity index is 777. The molecule has 4 rings (SSSR count). The Morgan fingerprint density at radius 2 is 1.74 bits per heavy atom. The quantitative estimate of drug-likeness (QED) is 0.647. The van der Waals surface area contributed by atoms with E-state index < -0.39 is 0 Å². The third kappa shape index (κ3) is 4.53. The molecule has 2 N–H and O–H groups in total. The number of aliphatic imine (C=N–C) groups is 1. The number of halogens is 1. The molecule has 6 nitrogen and oxygen atoms in total. The van der Waals surface area contributed by atoms with E-state index in [0.717, 1.165) is 49.7 Å². The van der Waals surface area contributed by atoms with E-state index in [9.17, 15) is 4.39 Å². The molecule has 142 valence electrons. The Hall–Kier alpha value is -2.70. The molecular formula is C20H25FN6. The molecule has 0 amide bonds. The fraction of sp³-hybridized carbons (Fsp3) is 0.450. The number of rotatable bonds is 5. The van der Waals surface area contributed by atoms with Crippen LogP contribution in [0.2, 0.25) is 0 Å². The fourth-order valence-electron chi connectivity index (χ4n) is 3.29. The Morgan fingerprint density at radius 1 is 1.07 bits per heavy atom. The van der Waals surface area contributed by atoms with Gasteiger partial charge in [-0.15, -0.1) is 0 Å². The van der Waals surface area contributed by atoms with Crippen molar-refractivity contribution in [3.8, 4) is 0 Å². The molecule has 2 heterocycles. The summed E-state index contributed by atoms with van der Waals surface area (Å²) in [5.41, 5.74) is 8.30. The number of benzene rings is 1. The van der Waals surface area contributed by atoms with Crippen LogP contribution in [0.15, 0.2) is 41.7 Å². The van der Waals surface area contributed by atoms with Gasteiger partial charge in [0.15, 0.2) is 5.96 Å². The van der Waals surface area contributed by atoms with Crippen molar-refractivity contribution in [3.63, 3.8) is 0 Å². The highest BCUT2D eigenvalue weighted by atomic mass is 19.1. The van der Waals surface area contributed by atoms with Crippen molar-refractivity contribution in [3.05, 3.63) is 53.9 Å². The largest absolute Gasteiger partial charge is 0.370 e. The number of aromatic nitrogens is 2. The summed E-state index contributed by atoms with van der Waals surface area (Å²) in [6.45, 7) is 3.95. The first-order valence-electron chi connectivity index (χ1n) is 9.55. The van der Waals surface area contributed by atoms with Gasteiger partial charge in [0.25, 0.3) is 0 Å². The van der Waals surface area contributed by atoms with Crippen LogP contribution in [0, 0.1) is 5.82 Å². The molecular weight excluding hydrogens is 343 g/mol. The molecule has 0 bridgehead atoms. The van der Waals surface area contributed by atoms with Crippen LogP contribution in [0.4, 0.5) is 10.1 Å². The summed E-state index contributed by atoms with van der Waals surface area (Å²) in [5.74, 6) is 1.94. The molecule has 1 aromatic carbocycles. The number of hydrogen-bond acceptors (Lipinski definition) is 4. The van der Waals surface area contributed by atoms with E-state index in [-0.39, 0.29) is 5.82 Å². The SMILES string of the molecule is NC(=NCCc1cnc(C2CC2)nc1)N1CCN(c2ccc(F)cc2)CC1. The lowest BCUT2D eigenvalue weighted by atomic mass is 10.2. The van der Waals surface area contributed by atoms with Crippen LogP contribution in [-0.4, -0.2) is 53.6 Å². The number of nitrogens with zero attached hydrogens (tertiary/aromatic N) is 5. The maximum absolute atomic E-state index is 13.1. The van der Waals surface area contributed by atoms with Crippen molar-refractivity contribution < 1.29 is 4.39 Å². The molecule has 2 fully saturated rings. The molecule has 1 aliphatic heterocycles. The predicted molar refractivity (Wildman–Crippen MR) is 104 cm³/mol. The average Bonchev–Trinajstić information content (AvgIpc) is 3.55. The van der Waals surface area contributed by atoms with Gasteiger partial charge in [0, 0.05) is 56.7 Å². The first-order valence-corrected chi connectivity index (χ1v) is 9.55. The van der Waals surface area contributed by atoms with Crippen LogP contribution in [0.5, 0.6) is 0 Å². The normalized spacial score (nSPS) is 18.0. The summed E-state index contributed by atoms with van der Waals surface area (Å²) in [6.07, 6.45) is 7.05. The predicted octanol–water partition coefficient (Wildman–Crippen LogP) is 2.17. The number of guanidine groups is 1. The van der Waals surface area contributed by atoms with Crippen LogP contribution >= 0.6 is 0 Å². The van der Waals surface area contributed by atoms with Gasteiger partial charge in [0.1, 0.15) is 11.6 Å².